The molecule has 0 unspecified atom stereocenters. The van der Waals surface area contributed by atoms with Gasteiger partial charge in [-0.2, -0.15) is 5.10 Å². The van der Waals surface area contributed by atoms with Gasteiger partial charge in [-0.25, -0.2) is 4.68 Å². The molecule has 78 valence electrons. The summed E-state index contributed by atoms with van der Waals surface area (Å²) >= 11 is 0. The highest BCUT2D eigenvalue weighted by Gasteiger charge is 1.99. The number of hydrogen-bond donors (Lipinski definition) is 1. The van der Waals surface area contributed by atoms with Crippen LogP contribution in [0.25, 0.3) is 5.69 Å². The summed E-state index contributed by atoms with van der Waals surface area (Å²) in [5.41, 5.74) is 3.16. The summed E-state index contributed by atoms with van der Waals surface area (Å²) in [5, 5.41) is 7.44. The average molecular weight is 202 g/mol. The van der Waals surface area contributed by atoms with Crippen molar-refractivity contribution in [2.24, 2.45) is 0 Å². The van der Waals surface area contributed by atoms with Crippen molar-refractivity contribution in [3.8, 4) is 5.69 Å². The summed E-state index contributed by atoms with van der Waals surface area (Å²) in [6, 6.07) is 4.06. The lowest BCUT2D eigenvalue weighted by Crippen LogP contribution is -2.06. The van der Waals surface area contributed by atoms with Gasteiger partial charge in [0.2, 0.25) is 0 Å². The van der Waals surface area contributed by atoms with Crippen LogP contribution in [0, 0.1) is 6.92 Å². The predicted molar refractivity (Wildman–Crippen MR) is 58.9 cm³/mol. The Morgan fingerprint density at radius 2 is 2.27 bits per heavy atom. The van der Waals surface area contributed by atoms with Gasteiger partial charge in [0.05, 0.1) is 17.6 Å². The van der Waals surface area contributed by atoms with Gasteiger partial charge in [0.1, 0.15) is 0 Å². The van der Waals surface area contributed by atoms with Crippen LogP contribution in [0.15, 0.2) is 30.7 Å². The van der Waals surface area contributed by atoms with Gasteiger partial charge in [-0.15, -0.1) is 0 Å². The van der Waals surface area contributed by atoms with Gasteiger partial charge in [-0.1, -0.05) is 0 Å². The van der Waals surface area contributed by atoms with Crippen molar-refractivity contribution in [2.45, 2.75) is 13.5 Å². The van der Waals surface area contributed by atoms with E-state index in [1.165, 1.54) is 0 Å². The van der Waals surface area contributed by atoms with Crippen molar-refractivity contribution in [3.05, 3.63) is 42.0 Å². The highest BCUT2D eigenvalue weighted by molar-refractivity contribution is 5.31. The average Bonchev–Trinajstić information content (AvgIpc) is 2.66. The summed E-state index contributed by atoms with van der Waals surface area (Å²) in [5.74, 6) is 0. The molecule has 0 bridgehead atoms. The summed E-state index contributed by atoms with van der Waals surface area (Å²) in [4.78, 5) is 4.19. The Morgan fingerprint density at radius 3 is 2.93 bits per heavy atom. The molecule has 0 saturated heterocycles. The molecule has 2 aromatic rings. The standard InChI is InChI=1S/C11H14N4/c1-9-3-4-15(14-9)11-5-10(6-12-2)7-13-8-11/h3-5,7-8,12H,6H2,1-2H3. The molecular formula is C11H14N4. The molecule has 0 fully saturated rings. The highest BCUT2D eigenvalue weighted by Crippen LogP contribution is 2.08. The van der Waals surface area contributed by atoms with Gasteiger partial charge in [0.15, 0.2) is 0 Å². The number of aromatic nitrogens is 3. The molecule has 2 rings (SSSR count). The summed E-state index contributed by atoms with van der Waals surface area (Å²) < 4.78 is 1.83. The van der Waals surface area contributed by atoms with E-state index in [1.807, 2.05) is 43.3 Å². The molecule has 2 heterocycles. The fraction of sp³-hybridized carbons (Fsp3) is 0.273. The Balaban J connectivity index is 2.32. The first-order valence-electron chi connectivity index (χ1n) is 4.91. The summed E-state index contributed by atoms with van der Waals surface area (Å²) in [6.45, 7) is 2.79. The van der Waals surface area contributed by atoms with Gasteiger partial charge in [-0.3, -0.25) is 4.98 Å². The zero-order chi connectivity index (χ0) is 10.7. The molecule has 4 nitrogen and oxygen atoms in total. The van der Waals surface area contributed by atoms with Crippen molar-refractivity contribution in [1.82, 2.24) is 20.1 Å². The third-order valence-corrected chi connectivity index (χ3v) is 2.15. The Hall–Kier alpha value is -1.68. The van der Waals surface area contributed by atoms with Crippen molar-refractivity contribution in [3.63, 3.8) is 0 Å². The molecule has 0 spiro atoms. The van der Waals surface area contributed by atoms with Crippen molar-refractivity contribution in [1.29, 1.82) is 0 Å². The smallest absolute Gasteiger partial charge is 0.0832 e. The van der Waals surface area contributed by atoms with Crippen molar-refractivity contribution in [2.75, 3.05) is 7.05 Å². The first-order chi connectivity index (χ1) is 7.29. The van der Waals surface area contributed by atoms with Crippen LogP contribution in [-0.2, 0) is 6.54 Å². The zero-order valence-corrected chi connectivity index (χ0v) is 8.94. The number of aryl methyl sites for hydroxylation is 1. The second kappa shape index (κ2) is 4.23. The van der Waals surface area contributed by atoms with E-state index in [4.69, 9.17) is 0 Å². The van der Waals surface area contributed by atoms with Crippen LogP contribution < -0.4 is 5.32 Å². The Morgan fingerprint density at radius 1 is 1.40 bits per heavy atom. The van der Waals surface area contributed by atoms with E-state index < -0.39 is 0 Å². The number of hydrogen-bond acceptors (Lipinski definition) is 3. The second-order valence-electron chi connectivity index (χ2n) is 3.48. The van der Waals surface area contributed by atoms with Crippen LogP contribution in [-0.4, -0.2) is 21.8 Å². The van der Waals surface area contributed by atoms with E-state index >= 15 is 0 Å². The van der Waals surface area contributed by atoms with Crippen LogP contribution in [0.1, 0.15) is 11.3 Å². The van der Waals surface area contributed by atoms with Gasteiger partial charge in [0, 0.05) is 18.9 Å². The van der Waals surface area contributed by atoms with Gasteiger partial charge < -0.3 is 5.32 Å². The lowest BCUT2D eigenvalue weighted by Gasteiger charge is -2.03. The van der Waals surface area contributed by atoms with Crippen molar-refractivity contribution < 1.29 is 0 Å². The van der Waals surface area contributed by atoms with Crippen LogP contribution >= 0.6 is 0 Å². The minimum Gasteiger partial charge on any atom is -0.316 e. The highest BCUT2D eigenvalue weighted by atomic mass is 15.3. The summed E-state index contributed by atoms with van der Waals surface area (Å²) in [6.07, 6.45) is 5.61. The molecular weight excluding hydrogens is 188 g/mol. The molecule has 1 N–H and O–H groups in total. The normalized spacial score (nSPS) is 10.5. The molecule has 2 aromatic heterocycles. The lowest BCUT2D eigenvalue weighted by molar-refractivity contribution is 0.802. The Bertz CT molecular complexity index is 447. The fourth-order valence-electron chi connectivity index (χ4n) is 1.46. The molecule has 0 aliphatic heterocycles. The number of pyridine rings is 1. The molecule has 0 amide bonds. The molecule has 0 aromatic carbocycles. The first kappa shape index (κ1) is 9.86. The van der Waals surface area contributed by atoms with Gasteiger partial charge in [0.25, 0.3) is 0 Å². The van der Waals surface area contributed by atoms with E-state index in [-0.39, 0.29) is 0 Å². The van der Waals surface area contributed by atoms with Crippen molar-refractivity contribution >= 4 is 0 Å². The second-order valence-corrected chi connectivity index (χ2v) is 3.48. The fourth-order valence-corrected chi connectivity index (χ4v) is 1.46. The molecule has 0 radical (unpaired) electrons. The van der Waals surface area contributed by atoms with Crippen LogP contribution in [0.2, 0.25) is 0 Å². The van der Waals surface area contributed by atoms with Crippen LogP contribution in [0.5, 0.6) is 0 Å². The summed E-state index contributed by atoms with van der Waals surface area (Å²) in [7, 11) is 1.92. The van der Waals surface area contributed by atoms with E-state index in [0.717, 1.165) is 23.5 Å². The van der Waals surface area contributed by atoms with Crippen LogP contribution in [0.3, 0.4) is 0 Å². The number of rotatable bonds is 3. The van der Waals surface area contributed by atoms with Gasteiger partial charge >= 0.3 is 0 Å². The third-order valence-electron chi connectivity index (χ3n) is 2.15. The lowest BCUT2D eigenvalue weighted by atomic mass is 10.2. The topological polar surface area (TPSA) is 42.7 Å². The zero-order valence-electron chi connectivity index (χ0n) is 8.94. The molecule has 4 heteroatoms. The maximum atomic E-state index is 4.34. The number of nitrogens with one attached hydrogen (secondary N) is 1. The quantitative estimate of drug-likeness (QED) is 0.815. The van der Waals surface area contributed by atoms with E-state index in [9.17, 15) is 0 Å². The third kappa shape index (κ3) is 2.22. The maximum absolute atomic E-state index is 4.34. The monoisotopic (exact) mass is 202 g/mol. The van der Waals surface area contributed by atoms with Crippen LogP contribution in [0.4, 0.5) is 0 Å². The van der Waals surface area contributed by atoms with Gasteiger partial charge in [-0.05, 0) is 31.7 Å². The Labute approximate surface area is 89.0 Å². The predicted octanol–water partition coefficient (Wildman–Crippen LogP) is 1.30. The maximum Gasteiger partial charge on any atom is 0.0832 e. The van der Waals surface area contributed by atoms with E-state index in [2.05, 4.69) is 21.5 Å². The largest absolute Gasteiger partial charge is 0.316 e. The number of nitrogens with zero attached hydrogens (tertiary/aromatic N) is 3. The first-order valence-corrected chi connectivity index (χ1v) is 4.91. The SMILES string of the molecule is CNCc1cncc(-n2ccc(C)n2)c1. The van der Waals surface area contributed by atoms with E-state index in [0.29, 0.717) is 0 Å². The minimum absolute atomic E-state index is 0.821. The molecule has 0 saturated carbocycles. The molecule has 0 aliphatic carbocycles. The van der Waals surface area contributed by atoms with E-state index in [1.54, 1.807) is 0 Å². The minimum atomic E-state index is 0.821. The molecule has 0 atom stereocenters. The molecule has 15 heavy (non-hydrogen) atoms. The molecule has 0 aliphatic rings. The Kier molecular flexibility index (Phi) is 2.78.